The number of hydrogen-bond acceptors (Lipinski definition) is 1. The summed E-state index contributed by atoms with van der Waals surface area (Å²) < 4.78 is 14.3. The van der Waals surface area contributed by atoms with Crippen LogP contribution in [0, 0.1) is 12.7 Å². The third kappa shape index (κ3) is 3.41. The van der Waals surface area contributed by atoms with E-state index in [1.807, 2.05) is 25.1 Å². The Morgan fingerprint density at radius 2 is 2.00 bits per heavy atom. The first-order chi connectivity index (χ1) is 9.08. The summed E-state index contributed by atoms with van der Waals surface area (Å²) in [5, 5.41) is 2.72. The topological polar surface area (TPSA) is 29.1 Å². The highest BCUT2D eigenvalue weighted by atomic mass is 79.9. The van der Waals surface area contributed by atoms with Gasteiger partial charge in [0, 0.05) is 22.1 Å². The summed E-state index contributed by atoms with van der Waals surface area (Å²) in [5.41, 5.74) is 1.96. The van der Waals surface area contributed by atoms with Crippen molar-refractivity contribution in [2.45, 2.75) is 13.5 Å². The van der Waals surface area contributed by atoms with Gasteiger partial charge in [0.2, 0.25) is 0 Å². The van der Waals surface area contributed by atoms with E-state index in [1.54, 1.807) is 18.2 Å². The van der Waals surface area contributed by atoms with Gasteiger partial charge in [-0.1, -0.05) is 34.1 Å². The van der Waals surface area contributed by atoms with Crippen LogP contribution in [0.15, 0.2) is 46.9 Å². The van der Waals surface area contributed by atoms with Gasteiger partial charge in [-0.3, -0.25) is 4.79 Å². The van der Waals surface area contributed by atoms with Gasteiger partial charge in [-0.05, 0) is 36.8 Å². The average Bonchev–Trinajstić information content (AvgIpc) is 2.40. The standard InChI is InChI=1S/C15H13BrFNO/c1-10-4-2-3-5-13(10)15(19)18-9-11-8-12(16)6-7-14(11)17/h2-8H,9H2,1H3,(H,18,19). The second kappa shape index (κ2) is 5.97. The van der Waals surface area contributed by atoms with E-state index in [-0.39, 0.29) is 18.3 Å². The quantitative estimate of drug-likeness (QED) is 0.914. The maximum absolute atomic E-state index is 13.5. The number of carbonyl (C=O) groups is 1. The van der Waals surface area contributed by atoms with Crippen LogP contribution in [0.1, 0.15) is 21.5 Å². The fourth-order valence-electron chi connectivity index (χ4n) is 1.78. The molecule has 0 radical (unpaired) electrons. The molecule has 0 heterocycles. The van der Waals surface area contributed by atoms with Crippen molar-refractivity contribution in [3.63, 3.8) is 0 Å². The highest BCUT2D eigenvalue weighted by molar-refractivity contribution is 9.10. The normalized spacial score (nSPS) is 10.3. The fraction of sp³-hybridized carbons (Fsp3) is 0.133. The van der Waals surface area contributed by atoms with Gasteiger partial charge in [-0.2, -0.15) is 0 Å². The first-order valence-corrected chi connectivity index (χ1v) is 6.65. The van der Waals surface area contributed by atoms with Crippen molar-refractivity contribution in [2.24, 2.45) is 0 Å². The molecule has 0 aromatic heterocycles. The Labute approximate surface area is 119 Å². The minimum absolute atomic E-state index is 0.165. The number of nitrogens with one attached hydrogen (secondary N) is 1. The molecule has 0 aliphatic rings. The van der Waals surface area contributed by atoms with Gasteiger partial charge in [-0.25, -0.2) is 4.39 Å². The van der Waals surface area contributed by atoms with Crippen molar-refractivity contribution in [3.8, 4) is 0 Å². The van der Waals surface area contributed by atoms with Gasteiger partial charge in [-0.15, -0.1) is 0 Å². The van der Waals surface area contributed by atoms with E-state index in [1.165, 1.54) is 6.07 Å². The number of carbonyl (C=O) groups excluding carboxylic acids is 1. The van der Waals surface area contributed by atoms with E-state index in [0.29, 0.717) is 11.1 Å². The molecule has 0 saturated carbocycles. The lowest BCUT2D eigenvalue weighted by molar-refractivity contribution is 0.0950. The Hall–Kier alpha value is -1.68. The van der Waals surface area contributed by atoms with Crippen LogP contribution in [0.5, 0.6) is 0 Å². The molecule has 0 aliphatic heterocycles. The van der Waals surface area contributed by atoms with Gasteiger partial charge >= 0.3 is 0 Å². The first kappa shape index (κ1) is 13.7. The molecule has 2 aromatic carbocycles. The van der Waals surface area contributed by atoms with Crippen molar-refractivity contribution < 1.29 is 9.18 Å². The molecule has 2 nitrogen and oxygen atoms in total. The van der Waals surface area contributed by atoms with Crippen molar-refractivity contribution in [1.82, 2.24) is 5.32 Å². The van der Waals surface area contributed by atoms with Crippen molar-refractivity contribution in [1.29, 1.82) is 0 Å². The molecule has 0 bridgehead atoms. The Morgan fingerprint density at radius 3 is 2.74 bits per heavy atom. The number of benzene rings is 2. The van der Waals surface area contributed by atoms with Gasteiger partial charge in [0.1, 0.15) is 5.82 Å². The first-order valence-electron chi connectivity index (χ1n) is 5.85. The molecule has 0 unspecified atom stereocenters. The summed E-state index contributed by atoms with van der Waals surface area (Å²) in [6, 6.07) is 12.0. The predicted molar refractivity (Wildman–Crippen MR) is 76.4 cm³/mol. The molecule has 0 saturated heterocycles. The summed E-state index contributed by atoms with van der Waals surface area (Å²) in [6.07, 6.45) is 0. The van der Waals surface area contributed by atoms with Gasteiger partial charge in [0.05, 0.1) is 0 Å². The van der Waals surface area contributed by atoms with E-state index < -0.39 is 0 Å². The van der Waals surface area contributed by atoms with Crippen LogP contribution in [-0.2, 0) is 6.54 Å². The molecule has 0 atom stereocenters. The smallest absolute Gasteiger partial charge is 0.251 e. The van der Waals surface area contributed by atoms with Gasteiger partial charge in [0.25, 0.3) is 5.91 Å². The third-order valence-corrected chi connectivity index (χ3v) is 3.33. The van der Waals surface area contributed by atoms with E-state index in [2.05, 4.69) is 21.2 Å². The molecular formula is C15H13BrFNO. The van der Waals surface area contributed by atoms with Crippen LogP contribution >= 0.6 is 15.9 Å². The van der Waals surface area contributed by atoms with Crippen LogP contribution in [0.3, 0.4) is 0 Å². The number of halogens is 2. The molecule has 2 aromatic rings. The zero-order chi connectivity index (χ0) is 13.8. The third-order valence-electron chi connectivity index (χ3n) is 2.84. The van der Waals surface area contributed by atoms with E-state index in [4.69, 9.17) is 0 Å². The van der Waals surface area contributed by atoms with E-state index in [0.717, 1.165) is 10.0 Å². The molecule has 1 amide bonds. The summed E-state index contributed by atoms with van der Waals surface area (Å²) in [5.74, 6) is -0.522. The highest BCUT2D eigenvalue weighted by Crippen LogP contribution is 2.15. The average molecular weight is 322 g/mol. The zero-order valence-corrected chi connectivity index (χ0v) is 12.0. The Bertz CT molecular complexity index is 613. The van der Waals surface area contributed by atoms with Gasteiger partial charge in [0.15, 0.2) is 0 Å². The minimum atomic E-state index is -0.326. The van der Waals surface area contributed by atoms with Crippen molar-refractivity contribution >= 4 is 21.8 Å². The molecular weight excluding hydrogens is 309 g/mol. The molecule has 0 spiro atoms. The number of amides is 1. The highest BCUT2D eigenvalue weighted by Gasteiger charge is 2.09. The molecule has 1 N–H and O–H groups in total. The second-order valence-corrected chi connectivity index (χ2v) is 5.15. The summed E-state index contributed by atoms with van der Waals surface area (Å²) in [4.78, 5) is 12.0. The second-order valence-electron chi connectivity index (χ2n) is 4.23. The monoisotopic (exact) mass is 321 g/mol. The number of aryl methyl sites for hydroxylation is 1. The summed E-state index contributed by atoms with van der Waals surface area (Å²) in [7, 11) is 0. The molecule has 4 heteroatoms. The number of hydrogen-bond donors (Lipinski definition) is 1. The van der Waals surface area contributed by atoms with Crippen LogP contribution in [-0.4, -0.2) is 5.91 Å². The summed E-state index contributed by atoms with van der Waals surface area (Å²) in [6.45, 7) is 2.03. The number of rotatable bonds is 3. The predicted octanol–water partition coefficient (Wildman–Crippen LogP) is 3.83. The van der Waals surface area contributed by atoms with Crippen LogP contribution in [0.25, 0.3) is 0 Å². The van der Waals surface area contributed by atoms with Crippen molar-refractivity contribution in [3.05, 3.63) is 69.4 Å². The molecule has 0 aliphatic carbocycles. The fourth-order valence-corrected chi connectivity index (χ4v) is 2.19. The maximum Gasteiger partial charge on any atom is 0.251 e. The lowest BCUT2D eigenvalue weighted by atomic mass is 10.1. The summed E-state index contributed by atoms with van der Waals surface area (Å²) >= 11 is 3.28. The van der Waals surface area contributed by atoms with Crippen LogP contribution in [0.2, 0.25) is 0 Å². The molecule has 98 valence electrons. The van der Waals surface area contributed by atoms with Gasteiger partial charge < -0.3 is 5.32 Å². The largest absolute Gasteiger partial charge is 0.348 e. The SMILES string of the molecule is Cc1ccccc1C(=O)NCc1cc(Br)ccc1F. The molecule has 19 heavy (non-hydrogen) atoms. The molecule has 2 rings (SSSR count). The van der Waals surface area contributed by atoms with Crippen LogP contribution in [0.4, 0.5) is 4.39 Å². The maximum atomic E-state index is 13.5. The van der Waals surface area contributed by atoms with E-state index >= 15 is 0 Å². The van der Waals surface area contributed by atoms with E-state index in [9.17, 15) is 9.18 Å². The Morgan fingerprint density at radius 1 is 1.26 bits per heavy atom. The van der Waals surface area contributed by atoms with Crippen LogP contribution < -0.4 is 5.32 Å². The van der Waals surface area contributed by atoms with Crippen molar-refractivity contribution in [2.75, 3.05) is 0 Å². The Balaban J connectivity index is 2.09. The molecule has 0 fully saturated rings. The zero-order valence-electron chi connectivity index (χ0n) is 10.4. The minimum Gasteiger partial charge on any atom is -0.348 e. The Kier molecular flexibility index (Phi) is 4.32. The lowest BCUT2D eigenvalue weighted by Crippen LogP contribution is -2.24. The lowest BCUT2D eigenvalue weighted by Gasteiger charge is -2.08.